The third-order valence-corrected chi connectivity index (χ3v) is 5.01. The zero-order valence-electron chi connectivity index (χ0n) is 17.2. The van der Waals surface area contributed by atoms with E-state index in [0.717, 1.165) is 31.4 Å². The number of aliphatic hydroxyl groups is 1. The van der Waals surface area contributed by atoms with Crippen molar-refractivity contribution in [1.29, 1.82) is 0 Å². The summed E-state index contributed by atoms with van der Waals surface area (Å²) in [6.07, 6.45) is 4.36. The summed E-state index contributed by atoms with van der Waals surface area (Å²) < 4.78 is 5.87. The summed E-state index contributed by atoms with van der Waals surface area (Å²) >= 11 is 0. The molecule has 3 aromatic rings. The molecule has 152 valence electrons. The lowest BCUT2D eigenvalue weighted by Gasteiger charge is -2.16. The highest BCUT2D eigenvalue weighted by molar-refractivity contribution is 5.63. The van der Waals surface area contributed by atoms with Crippen LogP contribution in [0.2, 0.25) is 0 Å². The molecule has 0 saturated carbocycles. The second kappa shape index (κ2) is 10.2. The highest BCUT2D eigenvalue weighted by Crippen LogP contribution is 2.20. The number of aryl methyl sites for hydroxylation is 2. The minimum atomic E-state index is -1.08. The molecule has 1 atom stereocenters. The molecule has 3 N–H and O–H groups in total. The number of hydrogen-bond acceptors (Lipinski definition) is 3. The Labute approximate surface area is 174 Å². The van der Waals surface area contributed by atoms with Gasteiger partial charge in [0.15, 0.2) is 0 Å². The van der Waals surface area contributed by atoms with Gasteiger partial charge in [-0.3, -0.25) is 0 Å². The molecule has 0 spiro atoms. The van der Waals surface area contributed by atoms with Gasteiger partial charge in [-0.2, -0.15) is 0 Å². The SMILES string of the molecule is CC(N)(O)CCCc1ccc(OCCCc2ccc(-c3ccccc3)cc2)cc1. The van der Waals surface area contributed by atoms with Crippen molar-refractivity contribution in [2.45, 2.75) is 44.8 Å². The van der Waals surface area contributed by atoms with Crippen LogP contribution < -0.4 is 10.5 Å². The Hall–Kier alpha value is -2.62. The van der Waals surface area contributed by atoms with Gasteiger partial charge in [0.25, 0.3) is 0 Å². The molecule has 0 aliphatic carbocycles. The van der Waals surface area contributed by atoms with Gasteiger partial charge in [-0.25, -0.2) is 0 Å². The monoisotopic (exact) mass is 389 g/mol. The van der Waals surface area contributed by atoms with Gasteiger partial charge in [-0.15, -0.1) is 0 Å². The fourth-order valence-corrected chi connectivity index (χ4v) is 3.36. The van der Waals surface area contributed by atoms with Crippen molar-refractivity contribution in [3.05, 3.63) is 90.0 Å². The first-order valence-electron chi connectivity index (χ1n) is 10.4. The lowest BCUT2D eigenvalue weighted by Crippen LogP contribution is -2.35. The maximum absolute atomic E-state index is 9.57. The first-order chi connectivity index (χ1) is 14.0. The first-order valence-corrected chi connectivity index (χ1v) is 10.4. The van der Waals surface area contributed by atoms with E-state index in [1.54, 1.807) is 6.92 Å². The fourth-order valence-electron chi connectivity index (χ4n) is 3.36. The van der Waals surface area contributed by atoms with Crippen molar-refractivity contribution in [3.8, 4) is 16.9 Å². The van der Waals surface area contributed by atoms with Crippen LogP contribution in [0.25, 0.3) is 11.1 Å². The van der Waals surface area contributed by atoms with Crippen molar-refractivity contribution < 1.29 is 9.84 Å². The zero-order valence-corrected chi connectivity index (χ0v) is 17.2. The normalized spacial score (nSPS) is 13.1. The Balaban J connectivity index is 1.38. The van der Waals surface area contributed by atoms with Gasteiger partial charge in [0.2, 0.25) is 0 Å². The van der Waals surface area contributed by atoms with Crippen LogP contribution >= 0.6 is 0 Å². The topological polar surface area (TPSA) is 55.5 Å². The summed E-state index contributed by atoms with van der Waals surface area (Å²) in [7, 11) is 0. The predicted molar refractivity (Wildman–Crippen MR) is 120 cm³/mol. The second-order valence-electron chi connectivity index (χ2n) is 7.87. The minimum Gasteiger partial charge on any atom is -0.494 e. The Kier molecular flexibility index (Phi) is 7.45. The maximum atomic E-state index is 9.57. The van der Waals surface area contributed by atoms with Gasteiger partial charge in [0, 0.05) is 0 Å². The quantitative estimate of drug-likeness (QED) is 0.363. The summed E-state index contributed by atoms with van der Waals surface area (Å²) in [4.78, 5) is 0. The van der Waals surface area contributed by atoms with Crippen LogP contribution in [0.4, 0.5) is 0 Å². The zero-order chi connectivity index (χ0) is 20.5. The molecule has 0 aliphatic heterocycles. The second-order valence-corrected chi connectivity index (χ2v) is 7.87. The van der Waals surface area contributed by atoms with E-state index in [1.165, 1.54) is 22.3 Å². The molecular formula is C26H31NO2. The summed E-state index contributed by atoms with van der Waals surface area (Å²) in [6, 6.07) is 27.4. The first kappa shape index (κ1) is 21.1. The van der Waals surface area contributed by atoms with E-state index < -0.39 is 5.72 Å². The molecule has 1 unspecified atom stereocenters. The van der Waals surface area contributed by atoms with E-state index in [9.17, 15) is 5.11 Å². The van der Waals surface area contributed by atoms with Gasteiger partial charge in [-0.1, -0.05) is 66.7 Å². The smallest absolute Gasteiger partial charge is 0.119 e. The van der Waals surface area contributed by atoms with E-state index in [4.69, 9.17) is 10.5 Å². The molecule has 0 aromatic heterocycles. The number of benzene rings is 3. The average molecular weight is 390 g/mol. The molecular weight excluding hydrogens is 358 g/mol. The number of rotatable bonds is 10. The molecule has 0 bridgehead atoms. The summed E-state index contributed by atoms with van der Waals surface area (Å²) in [5.74, 6) is 0.902. The summed E-state index contributed by atoms with van der Waals surface area (Å²) in [6.45, 7) is 2.34. The molecule has 0 amide bonds. The molecule has 3 aromatic carbocycles. The Morgan fingerprint density at radius 3 is 1.93 bits per heavy atom. The standard InChI is InChI=1S/C26H31NO2/c1-26(27,28)19-5-7-21-13-17-25(18-14-21)29-20-6-8-22-11-15-24(16-12-22)23-9-3-2-4-10-23/h2-4,9-18,28H,5-8,19-20,27H2,1H3. The van der Waals surface area contributed by atoms with E-state index in [1.807, 2.05) is 18.2 Å². The average Bonchev–Trinajstić information content (AvgIpc) is 2.72. The van der Waals surface area contributed by atoms with Crippen molar-refractivity contribution in [2.75, 3.05) is 6.61 Å². The van der Waals surface area contributed by atoms with Gasteiger partial charge < -0.3 is 15.6 Å². The van der Waals surface area contributed by atoms with E-state index in [-0.39, 0.29) is 0 Å². The van der Waals surface area contributed by atoms with Crippen molar-refractivity contribution >= 4 is 0 Å². The number of hydrogen-bond donors (Lipinski definition) is 2. The highest BCUT2D eigenvalue weighted by atomic mass is 16.5. The van der Waals surface area contributed by atoms with Crippen LogP contribution in [0.5, 0.6) is 5.75 Å². The molecule has 0 radical (unpaired) electrons. The Bertz CT molecular complexity index is 850. The largest absolute Gasteiger partial charge is 0.494 e. The fraction of sp³-hybridized carbons (Fsp3) is 0.308. The molecule has 0 saturated heterocycles. The highest BCUT2D eigenvalue weighted by Gasteiger charge is 2.11. The van der Waals surface area contributed by atoms with Crippen LogP contribution in [0.15, 0.2) is 78.9 Å². The minimum absolute atomic E-state index is 0.595. The van der Waals surface area contributed by atoms with Crippen molar-refractivity contribution in [1.82, 2.24) is 0 Å². The van der Waals surface area contributed by atoms with Crippen LogP contribution in [-0.2, 0) is 12.8 Å². The van der Waals surface area contributed by atoms with Crippen LogP contribution in [0.1, 0.15) is 37.3 Å². The van der Waals surface area contributed by atoms with Gasteiger partial charge >= 0.3 is 0 Å². The molecule has 29 heavy (non-hydrogen) atoms. The van der Waals surface area contributed by atoms with Gasteiger partial charge in [-0.05, 0) is 73.4 Å². The lowest BCUT2D eigenvalue weighted by molar-refractivity contribution is 0.0559. The van der Waals surface area contributed by atoms with Gasteiger partial charge in [0.1, 0.15) is 11.5 Å². The van der Waals surface area contributed by atoms with Crippen LogP contribution in [0, 0.1) is 0 Å². The molecule has 3 nitrogen and oxygen atoms in total. The third kappa shape index (κ3) is 7.37. The molecule has 3 heteroatoms. The molecule has 0 fully saturated rings. The predicted octanol–water partition coefficient (Wildman–Crippen LogP) is 5.36. The van der Waals surface area contributed by atoms with E-state index in [0.29, 0.717) is 13.0 Å². The van der Waals surface area contributed by atoms with Crippen LogP contribution in [-0.4, -0.2) is 17.4 Å². The van der Waals surface area contributed by atoms with Crippen LogP contribution in [0.3, 0.4) is 0 Å². The van der Waals surface area contributed by atoms with Crippen molar-refractivity contribution in [2.24, 2.45) is 5.73 Å². The molecule has 0 aliphatic rings. The van der Waals surface area contributed by atoms with E-state index in [2.05, 4.69) is 60.7 Å². The number of ether oxygens (including phenoxy) is 1. The third-order valence-electron chi connectivity index (χ3n) is 5.01. The van der Waals surface area contributed by atoms with E-state index >= 15 is 0 Å². The summed E-state index contributed by atoms with van der Waals surface area (Å²) in [5.41, 5.74) is 9.59. The molecule has 0 heterocycles. The maximum Gasteiger partial charge on any atom is 0.119 e. The Morgan fingerprint density at radius 2 is 1.31 bits per heavy atom. The lowest BCUT2D eigenvalue weighted by atomic mass is 10.0. The Morgan fingerprint density at radius 1 is 0.759 bits per heavy atom. The van der Waals surface area contributed by atoms with Gasteiger partial charge in [0.05, 0.1) is 6.61 Å². The summed E-state index contributed by atoms with van der Waals surface area (Å²) in [5, 5.41) is 9.57. The van der Waals surface area contributed by atoms with Crippen molar-refractivity contribution in [3.63, 3.8) is 0 Å². The molecule has 3 rings (SSSR count). The number of nitrogens with two attached hydrogens (primary N) is 1.